The van der Waals surface area contributed by atoms with E-state index in [1.165, 1.54) is 64.2 Å². The molecule has 8 aromatic rings. The van der Waals surface area contributed by atoms with Gasteiger partial charge >= 0.3 is 0 Å². The van der Waals surface area contributed by atoms with Crippen LogP contribution in [0.25, 0.3) is 0 Å². The van der Waals surface area contributed by atoms with E-state index in [1.54, 1.807) is 105 Å². The molecule has 7 aliphatic heterocycles. The third-order valence-corrected chi connectivity index (χ3v) is 32.4. The maximum atomic E-state index is 13.5. The maximum absolute atomic E-state index is 13.5. The van der Waals surface area contributed by atoms with Gasteiger partial charge < -0.3 is 115 Å². The molecule has 7 N–H and O–H groups in total. The van der Waals surface area contributed by atoms with Gasteiger partial charge in [0.2, 0.25) is 41.5 Å². The third kappa shape index (κ3) is 22.3. The number of nitrogens with one attached hydrogen (secondary N) is 7. The van der Waals surface area contributed by atoms with Crippen molar-refractivity contribution in [1.29, 1.82) is 0 Å². The molecule has 0 bridgehead atoms. The van der Waals surface area contributed by atoms with Crippen molar-refractivity contribution in [3.63, 3.8) is 0 Å². The molecular weight excluding hydrogens is 1850 g/mol. The number of piperidine rings is 2. The molecule has 13 aliphatic rings. The van der Waals surface area contributed by atoms with Crippen LogP contribution < -0.4 is 100 Å². The molecule has 6 saturated carbocycles. The highest BCUT2D eigenvalue weighted by molar-refractivity contribution is 6.05. The first-order valence-corrected chi connectivity index (χ1v) is 52.7. The Morgan fingerprint density at radius 3 is 1.12 bits per heavy atom. The predicted octanol–water partition coefficient (Wildman–Crippen LogP) is 15.4. The number of aromatic nitrogens is 8. The first-order valence-electron chi connectivity index (χ1n) is 52.7. The number of carbonyl (C=O) groups is 6. The van der Waals surface area contributed by atoms with Crippen LogP contribution in [0, 0.1) is 16.2 Å². The Kier molecular flexibility index (Phi) is 31.4. The Morgan fingerprint density at radius 1 is 0.404 bits per heavy atom. The number of nitrogens with zero attached hydrogens (tertiary/aromatic N) is 19. The van der Waals surface area contributed by atoms with Gasteiger partial charge in [0.05, 0.1) is 105 Å². The highest BCUT2D eigenvalue weighted by Gasteiger charge is 2.56. The lowest BCUT2D eigenvalue weighted by molar-refractivity contribution is -0.132. The second kappa shape index (κ2) is 44.6. The quantitative estimate of drug-likeness (QED) is 0.0331. The summed E-state index contributed by atoms with van der Waals surface area (Å²) in [5.74, 6) is 7.69. The zero-order chi connectivity index (χ0) is 102. The van der Waals surface area contributed by atoms with E-state index < -0.39 is 5.41 Å². The number of likely N-dealkylation sites (tertiary alicyclic amines) is 2. The van der Waals surface area contributed by atoms with Crippen molar-refractivity contribution in [2.24, 2.45) is 16.2 Å². The van der Waals surface area contributed by atoms with Crippen LogP contribution in [0.5, 0.6) is 23.0 Å². The number of rotatable bonds is 22. The van der Waals surface area contributed by atoms with Crippen LogP contribution in [0.4, 0.5) is 98.3 Å². The van der Waals surface area contributed by atoms with Gasteiger partial charge in [-0.05, 0) is 231 Å². The molecule has 1 atom stereocenters. The summed E-state index contributed by atoms with van der Waals surface area (Å²) in [5.41, 5.74) is 8.81. The number of hydrogen-bond donors (Lipinski definition) is 7. The van der Waals surface area contributed by atoms with Crippen LogP contribution in [0.1, 0.15) is 219 Å². The average Bonchev–Trinajstić information content (AvgIpc) is 1.41. The van der Waals surface area contributed by atoms with E-state index in [9.17, 15) is 28.8 Å². The molecule has 4 aromatic heterocycles. The van der Waals surface area contributed by atoms with E-state index in [2.05, 4.69) is 130 Å². The summed E-state index contributed by atoms with van der Waals surface area (Å²) in [6.07, 6.45) is 35.5. The van der Waals surface area contributed by atoms with Gasteiger partial charge in [0.25, 0.3) is 17.7 Å². The number of anilines is 17. The molecule has 37 heteroatoms. The van der Waals surface area contributed by atoms with E-state index in [1.807, 2.05) is 78.6 Å². The lowest BCUT2D eigenvalue weighted by atomic mass is 9.67. The molecule has 3 saturated heterocycles. The van der Waals surface area contributed by atoms with E-state index >= 15 is 0 Å². The van der Waals surface area contributed by atoms with E-state index in [0.717, 1.165) is 230 Å². The van der Waals surface area contributed by atoms with Gasteiger partial charge in [-0.15, -0.1) is 0 Å². The Morgan fingerprint density at radius 2 is 0.747 bits per heavy atom. The zero-order valence-corrected chi connectivity index (χ0v) is 87.6. The fraction of sp³-hybridized carbons (Fsp3) is 0.560. The Balaban J connectivity index is 0.000000128. The summed E-state index contributed by atoms with van der Waals surface area (Å²) >= 11 is 0. The molecule has 146 heavy (non-hydrogen) atoms. The predicted molar refractivity (Wildman–Crippen MR) is 573 cm³/mol. The van der Waals surface area contributed by atoms with Gasteiger partial charge in [-0.3, -0.25) is 28.8 Å². The molecule has 6 amide bonds. The summed E-state index contributed by atoms with van der Waals surface area (Å²) in [5, 5.41) is 22.2. The van der Waals surface area contributed by atoms with Crippen molar-refractivity contribution in [3.8, 4) is 23.0 Å². The van der Waals surface area contributed by atoms with Crippen LogP contribution >= 0.6 is 0 Å². The second-order valence-electron chi connectivity index (χ2n) is 42.6. The SMILES string of the molecule is C=C1C[C@@H](C)N(C2CCCC2)c2nc(Nc3ccc(C(=O)NC4CCN(C)CC4)cc3OC)ncc2N1C.CNC(=O)c1ccc(Nc2ncc3c(n2)N(C2CCCC2)CC2(CC2)C(=O)N3C)c(OC)c1.COc1cc(C(=O)NC2CCN(C)CC2)ccc1Nc1ncc2c(n1)N(C1CCCC1)CC1(CCC1)C(=O)N2C.COc1cc(N2CCOCC2)ccc1Nc1ncc2c(n1)N(C1CCCC1)CC(C)(C)C(=O)N2C. The van der Waals surface area contributed by atoms with E-state index in [4.69, 9.17) is 43.6 Å². The fourth-order valence-corrected chi connectivity index (χ4v) is 23.3. The normalized spacial score (nSPS) is 20.8. The van der Waals surface area contributed by atoms with Crippen LogP contribution in [0.15, 0.2) is 110 Å². The highest BCUT2D eigenvalue weighted by atomic mass is 16.5. The van der Waals surface area contributed by atoms with Gasteiger partial charge in [-0.25, -0.2) is 19.9 Å². The number of ether oxygens (including phenoxy) is 5. The second-order valence-corrected chi connectivity index (χ2v) is 42.6. The van der Waals surface area contributed by atoms with E-state index in [-0.39, 0.29) is 58.4 Å². The minimum Gasteiger partial charge on any atom is -0.495 e. The van der Waals surface area contributed by atoms with Crippen LogP contribution in [0.3, 0.4) is 0 Å². The molecule has 6 aliphatic carbocycles. The topological polar surface area (TPSA) is 372 Å². The largest absolute Gasteiger partial charge is 0.495 e. The smallest absolute Gasteiger partial charge is 0.251 e. The van der Waals surface area contributed by atoms with Gasteiger partial charge in [-0.1, -0.05) is 64.4 Å². The molecule has 11 heterocycles. The van der Waals surface area contributed by atoms with Gasteiger partial charge in [0.1, 0.15) is 45.7 Å². The lowest BCUT2D eigenvalue weighted by Crippen LogP contribution is -2.52. The Labute approximate surface area is 858 Å². The first kappa shape index (κ1) is 103. The molecule has 0 unspecified atom stereocenters. The van der Waals surface area contributed by atoms with E-state index in [0.29, 0.717) is 119 Å². The minimum atomic E-state index is -0.510. The van der Waals surface area contributed by atoms with Crippen molar-refractivity contribution < 1.29 is 52.5 Å². The van der Waals surface area contributed by atoms with Crippen molar-refractivity contribution in [1.82, 2.24) is 65.6 Å². The number of benzene rings is 4. The number of methoxy groups -OCH3 is 4. The molecular formula is C109H148N26O11. The molecule has 9 fully saturated rings. The van der Waals surface area contributed by atoms with Gasteiger partial charge in [0.15, 0.2) is 23.3 Å². The molecule has 2 spiro atoms. The Hall–Kier alpha value is -13.2. The number of carbonyl (C=O) groups excluding carboxylic acids is 6. The monoisotopic (exact) mass is 2000 g/mol. The molecule has 780 valence electrons. The summed E-state index contributed by atoms with van der Waals surface area (Å²) in [4.78, 5) is 140. The maximum Gasteiger partial charge on any atom is 0.251 e. The molecule has 0 radical (unpaired) electrons. The third-order valence-electron chi connectivity index (χ3n) is 32.4. The molecule has 4 aromatic carbocycles. The lowest BCUT2D eigenvalue weighted by Gasteiger charge is -2.44. The number of amides is 6. The fourth-order valence-electron chi connectivity index (χ4n) is 23.3. The van der Waals surface area contributed by atoms with Crippen LogP contribution in [-0.4, -0.2) is 277 Å². The standard InChI is InChI=1S/C30H41N7O3.C29H41N7O2.C26H36N6O3.C24H30N6O3/c1-35-15-11-21(12-16-35)32-27(38)20-9-10-23(25(17-20)40-3)33-29-31-18-24-26(34-29)37(22-7-4-5-8-22)19-30(13-6-14-30)28(39)36(24)2;1-19-16-20(2)36(23-8-6-7-9-23)27-25(35(19)4)18-30-29(33-27)32-24-11-10-21(17-26(24)38-5)28(37)31-22-12-14-34(3)15-13-22;1-26(2)17-32(18-7-5-6-8-18)23-21(30(3)24(26)33)16-27-25(29-23)28-20-10-9-19(15-22(20)34-4)31-11-13-35-14-12-31;1-25-21(31)15-8-9-17(19(12-15)33-3)27-23-26-13-18-20(28-23)30(16-6-4-5-7-16)14-24(10-11-24)22(32)29(18)2/h9-10,17-18,21-22H,4-8,11-16,19H2,1-3H3,(H,32,38)(H,31,33,34);10-11,17-18,20,22-23H,1,6-9,12-16H2,2-5H3,(H,31,37)(H,30,32,33);9-10,15-16,18H,5-8,11-14,17H2,1-4H3,(H,27,28,29);8-9,12-13,16H,4-7,10-11,14H2,1-3H3,(H,25,31)(H,26,27,28)/t;20-;;/m.1../s1. The zero-order valence-electron chi connectivity index (χ0n) is 87.6. The van der Waals surface area contributed by atoms with Crippen molar-refractivity contribution in [2.75, 3.05) is 215 Å². The van der Waals surface area contributed by atoms with Gasteiger partial charge in [-0.2, -0.15) is 19.9 Å². The minimum absolute atomic E-state index is 0.0739. The summed E-state index contributed by atoms with van der Waals surface area (Å²) < 4.78 is 28.0. The summed E-state index contributed by atoms with van der Waals surface area (Å²) in [6, 6.07) is 24.5. The van der Waals surface area contributed by atoms with Gasteiger partial charge in [0, 0.05) is 151 Å². The van der Waals surface area contributed by atoms with Crippen molar-refractivity contribution in [2.45, 2.75) is 230 Å². The van der Waals surface area contributed by atoms with Crippen LogP contribution in [0.2, 0.25) is 0 Å². The van der Waals surface area contributed by atoms with Crippen LogP contribution in [-0.2, 0) is 19.1 Å². The Bertz CT molecular complexity index is 6050. The highest BCUT2D eigenvalue weighted by Crippen LogP contribution is 2.55. The van der Waals surface area contributed by atoms with Crippen molar-refractivity contribution >= 4 is 134 Å². The number of hydrogen-bond acceptors (Lipinski definition) is 31. The first-order chi connectivity index (χ1) is 70.5. The molecule has 21 rings (SSSR count). The number of morpholine rings is 1. The number of fused-ring (bicyclic) bond motifs is 4. The molecule has 37 nitrogen and oxygen atoms in total. The van der Waals surface area contributed by atoms with Crippen molar-refractivity contribution in [3.05, 3.63) is 127 Å². The average molecular weight is 2000 g/mol. The summed E-state index contributed by atoms with van der Waals surface area (Å²) in [6.45, 7) is 19.9. The summed E-state index contributed by atoms with van der Waals surface area (Å²) in [7, 11) is 19.8.